The second-order valence-electron chi connectivity index (χ2n) is 1.46. The molecule has 0 aromatic heterocycles. The molecule has 0 aliphatic carbocycles. The minimum absolute atomic E-state index is 0.339. The Morgan fingerprint density at radius 2 is 2.50 bits per heavy atom. The fourth-order valence-electron chi connectivity index (χ4n) is 0.445. The van der Waals surface area contributed by atoms with Crippen LogP contribution in [0, 0.1) is 0 Å². The van der Waals surface area contributed by atoms with Crippen molar-refractivity contribution < 1.29 is 17.5 Å². The van der Waals surface area contributed by atoms with E-state index in [1.165, 1.54) is 6.42 Å². The Hall–Kier alpha value is 2.88. The van der Waals surface area contributed by atoms with E-state index in [0.717, 1.165) is 4.05 Å². The molecule has 1 nitrogen and oxygen atoms in total. The van der Waals surface area contributed by atoms with Crippen molar-refractivity contribution in [2.45, 2.75) is 10.5 Å². The molecule has 1 saturated heterocycles. The third-order valence-corrected chi connectivity index (χ3v) is 15.5. The van der Waals surface area contributed by atoms with Gasteiger partial charge in [0.25, 0.3) is 0 Å². The van der Waals surface area contributed by atoms with Gasteiger partial charge in [-0.2, -0.15) is 0 Å². The topological polar surface area (TPSA) is 12.0 Å². The van der Waals surface area contributed by atoms with Gasteiger partial charge in [0.1, 0.15) is 0 Å². The molecule has 1 aliphatic rings. The van der Waals surface area contributed by atoms with Crippen LogP contribution in [-0.2, 0) is 0 Å². The Morgan fingerprint density at radius 3 is 2.62 bits per heavy atom. The maximum atomic E-state index is 3.59. The van der Waals surface area contributed by atoms with Gasteiger partial charge in [0.2, 0.25) is 0 Å². The summed E-state index contributed by atoms with van der Waals surface area (Å²) in [5, 5.41) is 0. The molecule has 0 amide bonds. The molecule has 0 aromatic rings. The van der Waals surface area contributed by atoms with Gasteiger partial charge in [0.15, 0.2) is 0 Å². The zero-order valence-corrected chi connectivity index (χ0v) is 12.6. The van der Waals surface area contributed by atoms with Gasteiger partial charge < -0.3 is 0 Å². The van der Waals surface area contributed by atoms with Crippen molar-refractivity contribution in [3.8, 4) is 0 Å². The Balaban J connectivity index is 2.08. The number of halogens is 4. The number of hydrogen-bond donors (Lipinski definition) is 1. The predicted molar refractivity (Wildman–Crippen MR) is 58.5 cm³/mol. The number of hydrogen-bond acceptors (Lipinski definition) is 1. The summed E-state index contributed by atoms with van der Waals surface area (Å²) in [5.74, 6) is 0. The first-order valence-corrected chi connectivity index (χ1v) is 18.6. The maximum absolute atomic E-state index is 3.59. The second-order valence-corrected chi connectivity index (χ2v) is 16.8. The van der Waals surface area contributed by atoms with Gasteiger partial charge >= 0.3 is 89.0 Å². The van der Waals surface area contributed by atoms with Crippen molar-refractivity contribution in [3.05, 3.63) is 0 Å². The van der Waals surface area contributed by atoms with Crippen LogP contribution in [0.3, 0.4) is 0 Å². The van der Waals surface area contributed by atoms with Crippen LogP contribution in [-0.4, -0.2) is 8.48 Å². The van der Waals surface area contributed by atoms with Gasteiger partial charge in [0.05, 0.1) is 0 Å². The van der Waals surface area contributed by atoms with Crippen LogP contribution in [0.1, 0.15) is 6.42 Å². The average Bonchev–Trinajstić information content (AvgIpc) is 1.79. The van der Waals surface area contributed by atoms with E-state index in [9.17, 15) is 0 Å². The molecule has 1 aliphatic heterocycles. The van der Waals surface area contributed by atoms with Crippen molar-refractivity contribution in [2.75, 3.05) is 4.43 Å². The van der Waals surface area contributed by atoms with Crippen LogP contribution < -0.4 is 21.0 Å². The number of nitrogens with one attached hydrogen (secondary N) is 1. The fraction of sp³-hybridized carbons (Fsp3) is 1.00. The van der Waals surface area contributed by atoms with Gasteiger partial charge in [-0.3, -0.25) is 0 Å². The van der Waals surface area contributed by atoms with E-state index in [2.05, 4.69) is 40.8 Å². The van der Waals surface area contributed by atoms with Gasteiger partial charge in [-0.05, 0) is 0 Å². The summed E-state index contributed by atoms with van der Waals surface area (Å²) in [6, 6.07) is 0. The van der Waals surface area contributed by atoms with Crippen molar-refractivity contribution in [1.82, 2.24) is 3.53 Å². The second kappa shape index (κ2) is 4.70. The Bertz CT molecular complexity index is 77.7. The van der Waals surface area contributed by atoms with E-state index in [0.29, 0.717) is 17.5 Å². The van der Waals surface area contributed by atoms with Crippen molar-refractivity contribution in [2.24, 2.45) is 0 Å². The van der Waals surface area contributed by atoms with Crippen LogP contribution in [0.15, 0.2) is 0 Å². The Morgan fingerprint density at radius 1 is 1.75 bits per heavy atom. The molecule has 0 saturated carbocycles. The summed E-state index contributed by atoms with van der Waals surface area (Å²) >= 11 is 5.15. The quantitative estimate of drug-likeness (QED) is 0.207. The zero-order chi connectivity index (χ0) is 5.98. The summed E-state index contributed by atoms with van der Waals surface area (Å²) < 4.78 is 6.21. The van der Waals surface area contributed by atoms with E-state index < -0.39 is 0 Å². The predicted octanol–water partition coefficient (Wildman–Crippen LogP) is -0.484. The van der Waals surface area contributed by atoms with E-state index >= 15 is 0 Å². The number of rotatable bonds is 2. The van der Waals surface area contributed by atoms with Gasteiger partial charge in [-0.25, -0.2) is 0 Å². The zero-order valence-electron chi connectivity index (χ0n) is 4.00. The van der Waals surface area contributed by atoms with Crippen molar-refractivity contribution in [3.63, 3.8) is 0 Å². The summed E-state index contributed by atoms with van der Waals surface area (Å²) in [6.45, 7) is 0. The summed E-state index contributed by atoms with van der Waals surface area (Å²) in [4.78, 5) is 0. The standard InChI is InChI=1S/C3H6I4N/c4-6-8-3-1-2-7(3)5/h3,8H,1-2H2/q-1. The normalized spacial score (nSPS) is 32.8. The third-order valence-electron chi connectivity index (χ3n) is 0.989. The van der Waals surface area contributed by atoms with Crippen LogP contribution in [0.5, 0.6) is 0 Å². The molecule has 1 rings (SSSR count). The molecule has 5 heteroatoms. The van der Waals surface area contributed by atoms with Crippen LogP contribution in [0.4, 0.5) is 0 Å². The summed E-state index contributed by atoms with van der Waals surface area (Å²) in [5.41, 5.74) is 0. The van der Waals surface area contributed by atoms with E-state index in [-0.39, 0.29) is 15.8 Å². The van der Waals surface area contributed by atoms with E-state index in [1.807, 2.05) is 0 Å². The first kappa shape index (κ1) is 8.97. The van der Waals surface area contributed by atoms with E-state index in [1.54, 1.807) is 4.43 Å². The molecule has 8 heavy (non-hydrogen) atoms. The van der Waals surface area contributed by atoms with Crippen molar-refractivity contribution >= 4 is 53.1 Å². The van der Waals surface area contributed by atoms with Crippen LogP contribution >= 0.6 is 53.1 Å². The summed E-state index contributed by atoms with van der Waals surface area (Å²) in [6.07, 6.45) is 1.48. The molecular formula is C3H6I4N-. The van der Waals surface area contributed by atoms with Crippen LogP contribution in [0.25, 0.3) is 0 Å². The molecule has 1 unspecified atom stereocenters. The average molecular weight is 564 g/mol. The molecule has 1 heterocycles. The molecule has 0 bridgehead atoms. The van der Waals surface area contributed by atoms with Gasteiger partial charge in [-0.1, -0.05) is 0 Å². The molecule has 0 spiro atoms. The number of alkyl halides is 2. The Labute approximate surface area is 86.9 Å². The summed E-state index contributed by atoms with van der Waals surface area (Å²) in [7, 11) is 0. The van der Waals surface area contributed by atoms with Crippen LogP contribution in [0.2, 0.25) is 0 Å². The molecule has 0 radical (unpaired) electrons. The third kappa shape index (κ3) is 2.49. The fourth-order valence-corrected chi connectivity index (χ4v) is 17.6. The SMILES string of the molecule is I[I-]NC1CCI1I. The molecule has 1 fully saturated rings. The van der Waals surface area contributed by atoms with E-state index in [4.69, 9.17) is 0 Å². The molecular weight excluding hydrogens is 558 g/mol. The molecule has 52 valence electrons. The minimum atomic E-state index is -0.368. The first-order valence-electron chi connectivity index (χ1n) is 2.16. The monoisotopic (exact) mass is 564 g/mol. The van der Waals surface area contributed by atoms with Gasteiger partial charge in [0, 0.05) is 0 Å². The first-order chi connectivity index (χ1) is 3.84. The molecule has 0 aromatic carbocycles. The van der Waals surface area contributed by atoms with Gasteiger partial charge in [-0.15, -0.1) is 0 Å². The molecule has 1 N–H and O–H groups in total. The molecule has 1 atom stereocenters. The van der Waals surface area contributed by atoms with Crippen molar-refractivity contribution in [1.29, 1.82) is 0 Å². The Kier molecular flexibility index (Phi) is 5.27.